The number of hydrogen-bond donors (Lipinski definition) is 0. The summed E-state index contributed by atoms with van der Waals surface area (Å²) in [6.07, 6.45) is 0. The second-order valence-electron chi connectivity index (χ2n) is 9.08. The predicted octanol–water partition coefficient (Wildman–Crippen LogP) is 9.91. The summed E-state index contributed by atoms with van der Waals surface area (Å²) < 4.78 is 14.5. The van der Waals surface area contributed by atoms with E-state index in [2.05, 4.69) is 24.3 Å². The lowest BCUT2D eigenvalue weighted by Gasteiger charge is -1.97. The van der Waals surface area contributed by atoms with Gasteiger partial charge in [0.05, 0.1) is 20.4 Å². The van der Waals surface area contributed by atoms with E-state index in [9.17, 15) is 0 Å². The zero-order chi connectivity index (χ0) is 25.1. The van der Waals surface area contributed by atoms with Crippen molar-refractivity contribution in [2.45, 2.75) is 0 Å². The zero-order valence-corrected chi connectivity index (χ0v) is 21.6. The van der Waals surface area contributed by atoms with Crippen LogP contribution in [0.5, 0.6) is 0 Å². The van der Waals surface area contributed by atoms with Gasteiger partial charge in [-0.1, -0.05) is 60.7 Å². The Morgan fingerprint density at radius 3 is 1.32 bits per heavy atom. The van der Waals surface area contributed by atoms with E-state index in [0.717, 1.165) is 75.4 Å². The van der Waals surface area contributed by atoms with E-state index in [1.54, 1.807) is 22.7 Å². The van der Waals surface area contributed by atoms with Gasteiger partial charge >= 0.3 is 0 Å². The van der Waals surface area contributed by atoms with Gasteiger partial charge in [-0.25, -0.2) is 9.97 Å². The topological polar surface area (TPSA) is 52.1 Å². The van der Waals surface area contributed by atoms with Gasteiger partial charge in [0.15, 0.2) is 21.5 Å². The molecule has 8 aromatic rings. The molecule has 0 atom stereocenters. The Kier molecular flexibility index (Phi) is 4.83. The van der Waals surface area contributed by atoms with Crippen LogP contribution < -0.4 is 0 Å². The van der Waals surface area contributed by atoms with Crippen LogP contribution in [0.2, 0.25) is 0 Å². The van der Waals surface area contributed by atoms with Gasteiger partial charge in [0.1, 0.15) is 11.5 Å². The lowest BCUT2D eigenvalue weighted by Crippen LogP contribution is -1.76. The fraction of sp³-hybridized carbons (Fsp3) is 0. The molecule has 0 amide bonds. The Hall–Kier alpha value is -4.52. The van der Waals surface area contributed by atoms with Gasteiger partial charge in [-0.3, -0.25) is 0 Å². The number of aromatic nitrogens is 2. The summed E-state index contributed by atoms with van der Waals surface area (Å²) in [7, 11) is 0. The molecule has 8 rings (SSSR count). The first-order valence-corrected chi connectivity index (χ1v) is 13.9. The van der Waals surface area contributed by atoms with E-state index < -0.39 is 0 Å². The highest BCUT2D eigenvalue weighted by Gasteiger charge is 2.15. The molecule has 0 fully saturated rings. The molecule has 180 valence electrons. The number of nitrogens with zero attached hydrogens (tertiary/aromatic N) is 2. The number of furan rings is 2. The fourth-order valence-electron chi connectivity index (χ4n) is 4.73. The highest BCUT2D eigenvalue weighted by molar-refractivity contribution is 7.22. The molecule has 0 aliphatic heterocycles. The van der Waals surface area contributed by atoms with E-state index in [0.29, 0.717) is 0 Å². The van der Waals surface area contributed by atoms with Crippen LogP contribution in [0.1, 0.15) is 0 Å². The van der Waals surface area contributed by atoms with Crippen LogP contribution >= 0.6 is 22.7 Å². The zero-order valence-electron chi connectivity index (χ0n) is 19.9. The average Bonchev–Trinajstić information content (AvgIpc) is 3.76. The molecule has 0 radical (unpaired) electrons. The Morgan fingerprint density at radius 1 is 0.447 bits per heavy atom. The monoisotopic (exact) mass is 526 g/mol. The van der Waals surface area contributed by atoms with Crippen molar-refractivity contribution < 1.29 is 8.83 Å². The van der Waals surface area contributed by atoms with Crippen LogP contribution in [0, 0.1) is 0 Å². The van der Waals surface area contributed by atoms with Crippen molar-refractivity contribution in [3.63, 3.8) is 0 Å². The number of thiazole rings is 2. The van der Waals surface area contributed by atoms with E-state index in [-0.39, 0.29) is 0 Å². The lowest BCUT2D eigenvalue weighted by atomic mass is 10.1. The third-order valence-corrected chi connectivity index (χ3v) is 8.67. The first-order chi connectivity index (χ1) is 18.8. The molecule has 0 aliphatic carbocycles. The summed E-state index contributed by atoms with van der Waals surface area (Å²) in [4.78, 5) is 9.80. The third kappa shape index (κ3) is 3.65. The molecule has 0 bridgehead atoms. The molecule has 6 heteroatoms. The maximum Gasteiger partial charge on any atom is 0.163 e. The standard InChI is InChI=1S/C32H18N2O2S2/c1-3-7-19(8-4-1)25-11-13-27(35-25)31-33-23-15-21-18-30-24(16-22(21)17-29(23)37-31)34-32(38-30)28-14-12-26(36-28)20-9-5-2-6-10-20/h1-18H. The van der Waals surface area contributed by atoms with Crippen LogP contribution in [0.25, 0.3) is 75.4 Å². The highest BCUT2D eigenvalue weighted by atomic mass is 32.1. The van der Waals surface area contributed by atoms with Crippen molar-refractivity contribution in [3.8, 4) is 44.2 Å². The Balaban J connectivity index is 1.15. The molecule has 4 aromatic carbocycles. The van der Waals surface area contributed by atoms with Gasteiger partial charge in [0.25, 0.3) is 0 Å². The normalized spacial score (nSPS) is 11.7. The van der Waals surface area contributed by atoms with E-state index in [1.807, 2.05) is 84.9 Å². The SMILES string of the molecule is c1ccc(-c2ccc(-c3nc4cc5cc6sc(-c7ccc(-c8ccccc8)o7)nc6cc5cc4s3)o2)cc1. The molecule has 0 unspecified atom stereocenters. The van der Waals surface area contributed by atoms with Gasteiger partial charge in [-0.05, 0) is 59.3 Å². The van der Waals surface area contributed by atoms with Crippen LogP contribution in [0.4, 0.5) is 0 Å². The van der Waals surface area contributed by atoms with Crippen molar-refractivity contribution in [2.75, 3.05) is 0 Å². The summed E-state index contributed by atoms with van der Waals surface area (Å²) in [5.41, 5.74) is 4.06. The second-order valence-corrected chi connectivity index (χ2v) is 11.1. The summed E-state index contributed by atoms with van der Waals surface area (Å²) in [6.45, 7) is 0. The van der Waals surface area contributed by atoms with Gasteiger partial charge in [-0.2, -0.15) is 0 Å². The predicted molar refractivity (Wildman–Crippen MR) is 157 cm³/mol. The fourth-order valence-corrected chi connectivity index (χ4v) is 6.64. The average molecular weight is 527 g/mol. The number of hydrogen-bond acceptors (Lipinski definition) is 6. The molecule has 0 saturated carbocycles. The van der Waals surface area contributed by atoms with Gasteiger partial charge in [0.2, 0.25) is 0 Å². The maximum atomic E-state index is 6.15. The third-order valence-electron chi connectivity index (χ3n) is 6.60. The largest absolute Gasteiger partial charge is 0.454 e. The quantitative estimate of drug-likeness (QED) is 0.229. The molecule has 4 heterocycles. The van der Waals surface area contributed by atoms with E-state index in [4.69, 9.17) is 18.8 Å². The van der Waals surface area contributed by atoms with E-state index >= 15 is 0 Å². The molecular weight excluding hydrogens is 508 g/mol. The van der Waals surface area contributed by atoms with Crippen LogP contribution in [0.3, 0.4) is 0 Å². The first-order valence-electron chi connectivity index (χ1n) is 12.2. The maximum absolute atomic E-state index is 6.15. The minimum Gasteiger partial charge on any atom is -0.454 e. The number of fused-ring (bicyclic) bond motifs is 3. The Labute approximate surface area is 225 Å². The minimum atomic E-state index is 0.787. The summed E-state index contributed by atoms with van der Waals surface area (Å²) in [6, 6.07) is 37.0. The summed E-state index contributed by atoms with van der Waals surface area (Å²) in [5, 5.41) is 4.05. The molecular formula is C32H18N2O2S2. The summed E-state index contributed by atoms with van der Waals surface area (Å²) >= 11 is 3.29. The van der Waals surface area contributed by atoms with Crippen molar-refractivity contribution >= 4 is 53.9 Å². The van der Waals surface area contributed by atoms with Crippen molar-refractivity contribution in [1.29, 1.82) is 0 Å². The Bertz CT molecular complexity index is 1860. The smallest absolute Gasteiger partial charge is 0.163 e. The highest BCUT2D eigenvalue weighted by Crippen LogP contribution is 2.39. The van der Waals surface area contributed by atoms with Crippen LogP contribution in [-0.2, 0) is 0 Å². The molecule has 4 nitrogen and oxygen atoms in total. The van der Waals surface area contributed by atoms with Crippen molar-refractivity contribution in [1.82, 2.24) is 9.97 Å². The van der Waals surface area contributed by atoms with Crippen molar-refractivity contribution in [2.24, 2.45) is 0 Å². The number of benzene rings is 4. The Morgan fingerprint density at radius 2 is 0.868 bits per heavy atom. The molecule has 0 saturated heterocycles. The molecule has 4 aromatic heterocycles. The van der Waals surface area contributed by atoms with E-state index in [1.165, 1.54) is 0 Å². The molecule has 0 aliphatic rings. The molecule has 0 spiro atoms. The van der Waals surface area contributed by atoms with Gasteiger partial charge in [0, 0.05) is 11.1 Å². The molecule has 38 heavy (non-hydrogen) atoms. The van der Waals surface area contributed by atoms with Gasteiger partial charge < -0.3 is 8.83 Å². The second kappa shape index (κ2) is 8.52. The number of rotatable bonds is 4. The summed E-state index contributed by atoms with van der Waals surface area (Å²) in [5.74, 6) is 3.27. The van der Waals surface area contributed by atoms with Gasteiger partial charge in [-0.15, -0.1) is 22.7 Å². The lowest BCUT2D eigenvalue weighted by molar-refractivity contribution is 0.597. The minimum absolute atomic E-state index is 0.787. The van der Waals surface area contributed by atoms with Crippen molar-refractivity contribution in [3.05, 3.63) is 109 Å². The first kappa shape index (κ1) is 21.6. The van der Waals surface area contributed by atoms with Crippen LogP contribution in [0.15, 0.2) is 118 Å². The van der Waals surface area contributed by atoms with Crippen LogP contribution in [-0.4, -0.2) is 9.97 Å². The molecule has 0 N–H and O–H groups in total.